The van der Waals surface area contributed by atoms with Crippen LogP contribution in [0.25, 0.3) is 10.4 Å². The van der Waals surface area contributed by atoms with Gasteiger partial charge in [0.25, 0.3) is 0 Å². The molecule has 3 heterocycles. The highest BCUT2D eigenvalue weighted by atomic mass is 32.1. The molecule has 0 spiro atoms. The summed E-state index contributed by atoms with van der Waals surface area (Å²) >= 11 is 1.64. The van der Waals surface area contributed by atoms with Crippen molar-refractivity contribution in [3.8, 4) is 10.4 Å². The molecule has 1 aromatic carbocycles. The number of carbonyl (C=O) groups excluding carboxylic acids is 2. The van der Waals surface area contributed by atoms with Gasteiger partial charge in [-0.05, 0) is 50.7 Å². The molecule has 0 radical (unpaired) electrons. The smallest absolute Gasteiger partial charge is 0.233 e. The van der Waals surface area contributed by atoms with Gasteiger partial charge >= 0.3 is 0 Å². The van der Waals surface area contributed by atoms with Crippen molar-refractivity contribution in [1.29, 1.82) is 0 Å². The fourth-order valence-electron chi connectivity index (χ4n) is 4.26. The third-order valence-electron chi connectivity index (χ3n) is 6.27. The van der Waals surface area contributed by atoms with Crippen molar-refractivity contribution in [3.05, 3.63) is 59.1 Å². The van der Waals surface area contributed by atoms with Gasteiger partial charge in [0.2, 0.25) is 12.3 Å². The summed E-state index contributed by atoms with van der Waals surface area (Å²) in [5.74, 6) is 0.896. The van der Waals surface area contributed by atoms with E-state index in [1.807, 2.05) is 50.2 Å². The Morgan fingerprint density at radius 3 is 2.47 bits per heavy atom. The molecule has 2 aromatic heterocycles. The molecule has 1 aliphatic heterocycles. The zero-order valence-electron chi connectivity index (χ0n) is 20.5. The van der Waals surface area contributed by atoms with Crippen molar-refractivity contribution in [1.82, 2.24) is 20.4 Å². The number of hydrogen-bond acceptors (Lipinski definition) is 6. The molecule has 1 saturated heterocycles. The van der Waals surface area contributed by atoms with Gasteiger partial charge in [-0.3, -0.25) is 9.59 Å². The summed E-state index contributed by atoms with van der Waals surface area (Å²) in [6.45, 7) is 11.1. The van der Waals surface area contributed by atoms with Gasteiger partial charge in [0, 0.05) is 18.7 Å². The first-order valence-electron chi connectivity index (χ1n) is 11.7. The summed E-state index contributed by atoms with van der Waals surface area (Å²) in [6, 6.07) is 10.4. The molecule has 3 aromatic rings. The highest BCUT2D eigenvalue weighted by Gasteiger charge is 2.35. The molecule has 0 bridgehead atoms. The van der Waals surface area contributed by atoms with Crippen molar-refractivity contribution in [2.75, 3.05) is 6.54 Å². The van der Waals surface area contributed by atoms with Gasteiger partial charge in [-0.15, -0.1) is 11.3 Å². The Morgan fingerprint density at radius 2 is 1.97 bits per heavy atom. The minimum absolute atomic E-state index is 0.0455. The molecule has 4 rings (SSSR count). The molecule has 0 saturated carbocycles. The number of carbonyl (C=O) groups is 2. The van der Waals surface area contributed by atoms with Crippen LogP contribution in [0.4, 0.5) is 0 Å². The molecule has 7 nitrogen and oxygen atoms in total. The minimum atomic E-state index is -0.196. The van der Waals surface area contributed by atoms with E-state index in [1.165, 1.54) is 10.4 Å². The summed E-state index contributed by atoms with van der Waals surface area (Å²) in [5.41, 5.74) is 5.19. The van der Waals surface area contributed by atoms with Crippen LogP contribution in [0.15, 0.2) is 46.6 Å². The number of amides is 2. The molecular weight excluding hydrogens is 448 g/mol. The first-order valence-corrected chi connectivity index (χ1v) is 12.6. The number of benzene rings is 1. The quantitative estimate of drug-likeness (QED) is 0.459. The molecule has 3 unspecified atom stereocenters. The number of thiazole rings is 1. The van der Waals surface area contributed by atoms with Crippen LogP contribution in [-0.2, 0) is 9.59 Å². The molecular formula is C26H34N4O3S. The van der Waals surface area contributed by atoms with E-state index in [4.69, 9.17) is 4.52 Å². The lowest BCUT2D eigenvalue weighted by molar-refractivity contribution is -0.134. The number of nitrogens with one attached hydrogen (secondary N) is 1. The average Bonchev–Trinajstić information content (AvgIpc) is 3.57. The van der Waals surface area contributed by atoms with Crippen LogP contribution in [0.2, 0.25) is 0 Å². The summed E-state index contributed by atoms with van der Waals surface area (Å²) < 4.78 is 5.18. The molecule has 0 aliphatic carbocycles. The Bertz CT molecular complexity index is 1050. The second-order valence-corrected chi connectivity index (χ2v) is 9.91. The van der Waals surface area contributed by atoms with Crippen molar-refractivity contribution >= 4 is 23.7 Å². The predicted molar refractivity (Wildman–Crippen MR) is 134 cm³/mol. The first kappa shape index (κ1) is 25.6. The van der Waals surface area contributed by atoms with E-state index in [0.717, 1.165) is 37.1 Å². The van der Waals surface area contributed by atoms with Crippen LogP contribution in [0.1, 0.15) is 69.5 Å². The lowest BCUT2D eigenvalue weighted by Gasteiger charge is -2.27. The highest BCUT2D eigenvalue weighted by molar-refractivity contribution is 7.13. The lowest BCUT2D eigenvalue weighted by atomic mass is 9.91. The Kier molecular flexibility index (Phi) is 8.98. The van der Waals surface area contributed by atoms with Gasteiger partial charge in [0.15, 0.2) is 0 Å². The fourth-order valence-corrected chi connectivity index (χ4v) is 5.07. The van der Waals surface area contributed by atoms with Crippen molar-refractivity contribution in [2.45, 2.75) is 65.5 Å². The van der Waals surface area contributed by atoms with E-state index in [-0.39, 0.29) is 23.8 Å². The third-order valence-corrected chi connectivity index (χ3v) is 7.25. The number of aryl methyl sites for hydroxylation is 1. The van der Waals surface area contributed by atoms with Crippen molar-refractivity contribution in [3.63, 3.8) is 0 Å². The Labute approximate surface area is 205 Å². The van der Waals surface area contributed by atoms with E-state index < -0.39 is 0 Å². The van der Waals surface area contributed by atoms with E-state index in [9.17, 15) is 9.59 Å². The molecule has 34 heavy (non-hydrogen) atoms. The van der Waals surface area contributed by atoms with Gasteiger partial charge in [0.1, 0.15) is 11.7 Å². The van der Waals surface area contributed by atoms with Crippen LogP contribution in [-0.4, -0.2) is 39.9 Å². The summed E-state index contributed by atoms with van der Waals surface area (Å²) in [4.78, 5) is 30.3. The maximum absolute atomic E-state index is 12.5. The summed E-state index contributed by atoms with van der Waals surface area (Å²) in [5, 5.41) is 6.44. The van der Waals surface area contributed by atoms with Gasteiger partial charge < -0.3 is 14.7 Å². The van der Waals surface area contributed by atoms with Gasteiger partial charge in [0.05, 0.1) is 28.3 Å². The number of nitrogens with zero attached hydrogens (tertiary/aromatic N) is 3. The number of likely N-dealkylation sites (tertiary alicyclic amines) is 1. The SMILES string of the molecule is CC(C)C(C(=O)N1CCCC1C)c1ccno1.Cc1ncsc1-c1ccc(C(C)NC=O)cc1. The molecule has 3 atom stereocenters. The monoisotopic (exact) mass is 482 g/mol. The van der Waals surface area contributed by atoms with E-state index in [2.05, 4.69) is 34.5 Å². The average molecular weight is 483 g/mol. The topological polar surface area (TPSA) is 88.3 Å². The van der Waals surface area contributed by atoms with Crippen molar-refractivity contribution < 1.29 is 14.1 Å². The maximum Gasteiger partial charge on any atom is 0.233 e. The van der Waals surface area contributed by atoms with Crippen LogP contribution in [0, 0.1) is 12.8 Å². The summed E-state index contributed by atoms with van der Waals surface area (Å²) in [7, 11) is 0. The fraction of sp³-hybridized carbons (Fsp3) is 0.462. The molecule has 1 fully saturated rings. The first-order chi connectivity index (χ1) is 16.3. The zero-order chi connectivity index (χ0) is 24.7. The lowest BCUT2D eigenvalue weighted by Crippen LogP contribution is -2.38. The second-order valence-electron chi connectivity index (χ2n) is 9.05. The Balaban J connectivity index is 0.000000191. The van der Waals surface area contributed by atoms with E-state index >= 15 is 0 Å². The van der Waals surface area contributed by atoms with Gasteiger partial charge in [-0.25, -0.2) is 4.98 Å². The predicted octanol–water partition coefficient (Wildman–Crippen LogP) is 5.35. The third kappa shape index (κ3) is 6.11. The molecule has 1 N–H and O–H groups in total. The van der Waals surface area contributed by atoms with Crippen LogP contribution in [0.3, 0.4) is 0 Å². The van der Waals surface area contributed by atoms with E-state index in [1.54, 1.807) is 23.6 Å². The van der Waals surface area contributed by atoms with Crippen LogP contribution >= 0.6 is 11.3 Å². The molecule has 2 amide bonds. The van der Waals surface area contributed by atoms with Gasteiger partial charge in [-0.2, -0.15) is 0 Å². The molecule has 182 valence electrons. The van der Waals surface area contributed by atoms with Crippen LogP contribution in [0.5, 0.6) is 0 Å². The standard InChI is InChI=1S/C13H20N2O2.C13H14N2OS/c1-9(2)12(11-6-7-14-17-11)13(16)15-8-4-5-10(15)3;1-9(14-7-16)11-3-5-12(6-4-11)13-10(2)15-8-17-13/h6-7,9-10,12H,4-5,8H2,1-3H3;3-9H,1-2H3,(H,14,16). The Morgan fingerprint density at radius 1 is 1.24 bits per heavy atom. The van der Waals surface area contributed by atoms with Crippen molar-refractivity contribution in [2.24, 2.45) is 5.92 Å². The number of hydrogen-bond donors (Lipinski definition) is 1. The highest BCUT2D eigenvalue weighted by Crippen LogP contribution is 2.30. The Hall–Kier alpha value is -3.00. The largest absolute Gasteiger partial charge is 0.361 e. The maximum atomic E-state index is 12.5. The number of aromatic nitrogens is 2. The van der Waals surface area contributed by atoms with E-state index in [0.29, 0.717) is 11.8 Å². The zero-order valence-corrected chi connectivity index (χ0v) is 21.3. The van der Waals surface area contributed by atoms with Gasteiger partial charge in [-0.1, -0.05) is 43.3 Å². The summed E-state index contributed by atoms with van der Waals surface area (Å²) in [6.07, 6.45) is 4.54. The second kappa shape index (κ2) is 11.9. The normalized spacial score (nSPS) is 17.1. The molecule has 8 heteroatoms. The molecule has 1 aliphatic rings. The minimum Gasteiger partial charge on any atom is -0.361 e. The van der Waals surface area contributed by atoms with Crippen LogP contribution < -0.4 is 5.32 Å². The number of rotatable bonds is 7.